The number of aryl methyl sites for hydroxylation is 2. The van der Waals surface area contributed by atoms with E-state index in [1.54, 1.807) is 6.07 Å². The number of phenolic OH excluding ortho intramolecular Hbond substituents is 1. The SMILES string of the molecule is Cc1ccc(NCc2cnn(C)c2C)cc1O. The van der Waals surface area contributed by atoms with Crippen LogP contribution in [0.25, 0.3) is 0 Å². The van der Waals surface area contributed by atoms with Gasteiger partial charge in [-0.25, -0.2) is 0 Å². The average Bonchev–Trinajstić information content (AvgIpc) is 2.62. The van der Waals surface area contributed by atoms with Crippen LogP contribution in [0.15, 0.2) is 24.4 Å². The van der Waals surface area contributed by atoms with Gasteiger partial charge in [0.25, 0.3) is 0 Å². The van der Waals surface area contributed by atoms with E-state index in [4.69, 9.17) is 0 Å². The molecule has 0 amide bonds. The van der Waals surface area contributed by atoms with Gasteiger partial charge in [0.2, 0.25) is 0 Å². The first-order valence-corrected chi connectivity index (χ1v) is 5.59. The van der Waals surface area contributed by atoms with Crippen molar-refractivity contribution < 1.29 is 5.11 Å². The van der Waals surface area contributed by atoms with Gasteiger partial charge in [-0.2, -0.15) is 5.10 Å². The maximum absolute atomic E-state index is 9.60. The van der Waals surface area contributed by atoms with Crippen LogP contribution in [-0.2, 0) is 13.6 Å². The molecule has 1 aromatic heterocycles. The molecule has 0 aliphatic carbocycles. The molecule has 2 aromatic rings. The second kappa shape index (κ2) is 4.49. The van der Waals surface area contributed by atoms with Gasteiger partial charge in [-0.1, -0.05) is 6.07 Å². The normalized spacial score (nSPS) is 10.5. The van der Waals surface area contributed by atoms with Crippen molar-refractivity contribution in [3.63, 3.8) is 0 Å². The average molecular weight is 231 g/mol. The fourth-order valence-electron chi connectivity index (χ4n) is 1.63. The number of hydrogen-bond donors (Lipinski definition) is 2. The largest absolute Gasteiger partial charge is 0.508 e. The molecular formula is C13H17N3O. The Bertz CT molecular complexity index is 531. The van der Waals surface area contributed by atoms with Crippen molar-refractivity contribution in [3.8, 4) is 5.75 Å². The fraction of sp³-hybridized carbons (Fsp3) is 0.308. The zero-order valence-corrected chi connectivity index (χ0v) is 10.4. The lowest BCUT2D eigenvalue weighted by Gasteiger charge is -2.07. The number of benzene rings is 1. The van der Waals surface area contributed by atoms with Crippen LogP contribution in [-0.4, -0.2) is 14.9 Å². The van der Waals surface area contributed by atoms with Gasteiger partial charge in [0.15, 0.2) is 0 Å². The Hall–Kier alpha value is -1.97. The molecule has 4 heteroatoms. The van der Waals surface area contributed by atoms with Gasteiger partial charge in [0.05, 0.1) is 6.20 Å². The summed E-state index contributed by atoms with van der Waals surface area (Å²) in [4.78, 5) is 0. The molecule has 0 radical (unpaired) electrons. The molecule has 0 unspecified atom stereocenters. The van der Waals surface area contributed by atoms with E-state index in [0.29, 0.717) is 12.3 Å². The van der Waals surface area contributed by atoms with E-state index in [0.717, 1.165) is 22.5 Å². The third-order valence-electron chi connectivity index (χ3n) is 3.03. The Balaban J connectivity index is 2.07. The Kier molecular flexibility index (Phi) is 3.04. The van der Waals surface area contributed by atoms with Gasteiger partial charge in [0, 0.05) is 36.6 Å². The van der Waals surface area contributed by atoms with Crippen molar-refractivity contribution >= 4 is 5.69 Å². The first kappa shape index (κ1) is 11.5. The molecule has 1 aromatic carbocycles. The molecule has 17 heavy (non-hydrogen) atoms. The maximum Gasteiger partial charge on any atom is 0.120 e. The van der Waals surface area contributed by atoms with Crippen LogP contribution in [0.3, 0.4) is 0 Å². The molecular weight excluding hydrogens is 214 g/mol. The quantitative estimate of drug-likeness (QED) is 0.852. The Morgan fingerprint density at radius 3 is 2.71 bits per heavy atom. The second-order valence-corrected chi connectivity index (χ2v) is 4.23. The highest BCUT2D eigenvalue weighted by Gasteiger charge is 2.03. The van der Waals surface area contributed by atoms with E-state index in [2.05, 4.69) is 10.4 Å². The summed E-state index contributed by atoms with van der Waals surface area (Å²) in [5, 5.41) is 17.1. The van der Waals surface area contributed by atoms with Crippen LogP contribution < -0.4 is 5.32 Å². The summed E-state index contributed by atoms with van der Waals surface area (Å²) >= 11 is 0. The first-order chi connectivity index (χ1) is 8.08. The number of phenols is 1. The van der Waals surface area contributed by atoms with Crippen LogP contribution in [0.2, 0.25) is 0 Å². The van der Waals surface area contributed by atoms with Crippen molar-refractivity contribution in [2.75, 3.05) is 5.32 Å². The topological polar surface area (TPSA) is 50.1 Å². The summed E-state index contributed by atoms with van der Waals surface area (Å²) in [5.41, 5.74) is 4.10. The van der Waals surface area contributed by atoms with E-state index in [-0.39, 0.29) is 0 Å². The Morgan fingerprint density at radius 1 is 1.35 bits per heavy atom. The highest BCUT2D eigenvalue weighted by molar-refractivity contribution is 5.51. The zero-order valence-electron chi connectivity index (χ0n) is 10.4. The lowest BCUT2D eigenvalue weighted by Crippen LogP contribution is -2.01. The molecule has 0 atom stereocenters. The summed E-state index contributed by atoms with van der Waals surface area (Å²) in [6.07, 6.45) is 1.86. The molecule has 4 nitrogen and oxygen atoms in total. The maximum atomic E-state index is 9.60. The highest BCUT2D eigenvalue weighted by atomic mass is 16.3. The van der Waals surface area contributed by atoms with Crippen LogP contribution in [0.1, 0.15) is 16.8 Å². The zero-order chi connectivity index (χ0) is 12.4. The second-order valence-electron chi connectivity index (χ2n) is 4.23. The minimum Gasteiger partial charge on any atom is -0.508 e. The monoisotopic (exact) mass is 231 g/mol. The summed E-state index contributed by atoms with van der Waals surface area (Å²) in [5.74, 6) is 0.318. The molecule has 0 fully saturated rings. The number of aromatic nitrogens is 2. The number of hydrogen-bond acceptors (Lipinski definition) is 3. The van der Waals surface area contributed by atoms with Crippen LogP contribution >= 0.6 is 0 Å². The Labute approximate surface area is 101 Å². The van der Waals surface area contributed by atoms with Gasteiger partial charge >= 0.3 is 0 Å². The van der Waals surface area contributed by atoms with Crippen molar-refractivity contribution in [3.05, 3.63) is 41.2 Å². The van der Waals surface area contributed by atoms with Gasteiger partial charge in [-0.3, -0.25) is 4.68 Å². The number of nitrogens with zero attached hydrogens (tertiary/aromatic N) is 2. The summed E-state index contributed by atoms with van der Waals surface area (Å²) in [6.45, 7) is 4.63. The van der Waals surface area contributed by atoms with Crippen LogP contribution in [0.4, 0.5) is 5.69 Å². The molecule has 2 rings (SSSR count). The number of nitrogens with one attached hydrogen (secondary N) is 1. The lowest BCUT2D eigenvalue weighted by atomic mass is 10.2. The molecule has 2 N–H and O–H groups in total. The van der Waals surface area contributed by atoms with Crippen molar-refractivity contribution in [1.82, 2.24) is 9.78 Å². The van der Waals surface area contributed by atoms with Crippen LogP contribution in [0, 0.1) is 13.8 Å². The fourth-order valence-corrected chi connectivity index (χ4v) is 1.63. The molecule has 0 saturated carbocycles. The molecule has 0 saturated heterocycles. The van der Waals surface area contributed by atoms with Crippen molar-refractivity contribution in [2.45, 2.75) is 20.4 Å². The Morgan fingerprint density at radius 2 is 2.12 bits per heavy atom. The third kappa shape index (κ3) is 2.41. The summed E-state index contributed by atoms with van der Waals surface area (Å²) in [6, 6.07) is 5.59. The van der Waals surface area contributed by atoms with Gasteiger partial charge in [-0.05, 0) is 25.5 Å². The first-order valence-electron chi connectivity index (χ1n) is 5.59. The molecule has 0 bridgehead atoms. The molecule has 1 heterocycles. The highest BCUT2D eigenvalue weighted by Crippen LogP contribution is 2.21. The van der Waals surface area contributed by atoms with E-state index in [1.807, 2.05) is 43.9 Å². The summed E-state index contributed by atoms with van der Waals surface area (Å²) in [7, 11) is 1.93. The smallest absolute Gasteiger partial charge is 0.120 e. The minimum absolute atomic E-state index is 0.318. The third-order valence-corrected chi connectivity index (χ3v) is 3.03. The van der Waals surface area contributed by atoms with E-state index in [1.165, 1.54) is 0 Å². The predicted octanol–water partition coefficient (Wildman–Crippen LogP) is 2.35. The van der Waals surface area contributed by atoms with Gasteiger partial charge < -0.3 is 10.4 Å². The minimum atomic E-state index is 0.318. The molecule has 0 spiro atoms. The van der Waals surface area contributed by atoms with Crippen molar-refractivity contribution in [2.24, 2.45) is 7.05 Å². The van der Waals surface area contributed by atoms with Crippen LogP contribution in [0.5, 0.6) is 5.75 Å². The number of anilines is 1. The number of rotatable bonds is 3. The standard InChI is InChI=1S/C13H17N3O/c1-9-4-5-12(6-13(9)17)14-7-11-8-15-16(3)10(11)2/h4-6,8,14,17H,7H2,1-3H3. The van der Waals surface area contributed by atoms with Crippen molar-refractivity contribution in [1.29, 1.82) is 0 Å². The van der Waals surface area contributed by atoms with E-state index >= 15 is 0 Å². The lowest BCUT2D eigenvalue weighted by molar-refractivity contribution is 0.471. The predicted molar refractivity (Wildman–Crippen MR) is 68.1 cm³/mol. The summed E-state index contributed by atoms with van der Waals surface area (Å²) < 4.78 is 1.85. The molecule has 0 aliphatic rings. The molecule has 0 aliphatic heterocycles. The number of aromatic hydroxyl groups is 1. The van der Waals surface area contributed by atoms with E-state index < -0.39 is 0 Å². The van der Waals surface area contributed by atoms with Gasteiger partial charge in [-0.15, -0.1) is 0 Å². The van der Waals surface area contributed by atoms with E-state index in [9.17, 15) is 5.11 Å². The molecule has 90 valence electrons. The van der Waals surface area contributed by atoms with Gasteiger partial charge in [0.1, 0.15) is 5.75 Å².